The monoisotopic (exact) mass is 416 g/mol. The molecule has 1 aliphatic carbocycles. The van der Waals surface area contributed by atoms with E-state index >= 15 is 0 Å². The number of ether oxygens (including phenoxy) is 1. The Labute approximate surface area is 175 Å². The zero-order chi connectivity index (χ0) is 21.8. The molecule has 3 atom stereocenters. The molecule has 0 aromatic heterocycles. The van der Waals surface area contributed by atoms with Crippen LogP contribution < -0.4 is 15.8 Å². The molecule has 0 bridgehead atoms. The standard InChI is InChI=1S/C22H29FN4O3/c1-21(2)10-17(28)27(20(24)26-21)11-12-8-13(12)19(29)25-15-9-22(3,4)30-16-7-5-6-14(23)18(15)16/h5-7,12-13,15H,8-11H2,1-4H3,(H2,24,26)(H,25,29)/t12-,13?,15+/m1/s1. The third-order valence-electron chi connectivity index (χ3n) is 6.01. The van der Waals surface area contributed by atoms with E-state index in [0.29, 0.717) is 37.1 Å². The number of guanidine groups is 1. The lowest BCUT2D eigenvalue weighted by Gasteiger charge is -2.38. The molecule has 1 aromatic carbocycles. The number of nitrogens with two attached hydrogens (primary N) is 1. The van der Waals surface area contributed by atoms with E-state index in [0.717, 1.165) is 0 Å². The second-order valence-corrected chi connectivity index (χ2v) is 9.84. The summed E-state index contributed by atoms with van der Waals surface area (Å²) in [5, 5.41) is 3.01. The van der Waals surface area contributed by atoms with Crippen LogP contribution in [0.4, 0.5) is 4.39 Å². The average Bonchev–Trinajstić information content (AvgIpc) is 3.35. The Balaban J connectivity index is 1.42. The third-order valence-corrected chi connectivity index (χ3v) is 6.01. The molecule has 1 saturated carbocycles. The maximum Gasteiger partial charge on any atom is 0.231 e. The molecule has 0 spiro atoms. The molecule has 0 radical (unpaired) electrons. The normalized spacial score (nSPS) is 28.8. The maximum atomic E-state index is 14.5. The highest BCUT2D eigenvalue weighted by molar-refractivity contribution is 5.99. The van der Waals surface area contributed by atoms with Gasteiger partial charge in [-0.1, -0.05) is 6.07 Å². The first-order chi connectivity index (χ1) is 14.0. The van der Waals surface area contributed by atoms with E-state index in [9.17, 15) is 14.0 Å². The number of carbonyl (C=O) groups is 2. The quantitative estimate of drug-likeness (QED) is 0.788. The lowest BCUT2D eigenvalue weighted by Crippen LogP contribution is -2.50. The van der Waals surface area contributed by atoms with Crippen molar-refractivity contribution in [3.63, 3.8) is 0 Å². The minimum absolute atomic E-state index is 0.0249. The second-order valence-electron chi connectivity index (χ2n) is 9.84. The Morgan fingerprint density at radius 2 is 2.10 bits per heavy atom. The van der Waals surface area contributed by atoms with E-state index in [4.69, 9.17) is 10.5 Å². The second kappa shape index (κ2) is 6.96. The van der Waals surface area contributed by atoms with Gasteiger partial charge in [-0.05, 0) is 52.2 Å². The van der Waals surface area contributed by atoms with E-state index in [1.165, 1.54) is 11.0 Å². The molecule has 7 nitrogen and oxygen atoms in total. The van der Waals surface area contributed by atoms with Crippen LogP contribution in [0.1, 0.15) is 58.6 Å². The smallest absolute Gasteiger partial charge is 0.231 e. The fourth-order valence-electron chi connectivity index (χ4n) is 4.48. The summed E-state index contributed by atoms with van der Waals surface area (Å²) in [4.78, 5) is 31.2. The molecule has 0 saturated heterocycles. The van der Waals surface area contributed by atoms with E-state index in [1.807, 2.05) is 27.7 Å². The number of aliphatic imine (C=N–C) groups is 1. The molecular formula is C22H29FN4O3. The maximum absolute atomic E-state index is 14.5. The zero-order valence-electron chi connectivity index (χ0n) is 17.9. The van der Waals surface area contributed by atoms with Gasteiger partial charge in [-0.2, -0.15) is 0 Å². The van der Waals surface area contributed by atoms with Crippen LogP contribution >= 0.6 is 0 Å². The van der Waals surface area contributed by atoms with Crippen LogP contribution in [0.2, 0.25) is 0 Å². The number of amides is 2. The van der Waals surface area contributed by atoms with Gasteiger partial charge in [0.25, 0.3) is 0 Å². The van der Waals surface area contributed by atoms with Crippen molar-refractivity contribution in [3.8, 4) is 5.75 Å². The van der Waals surface area contributed by atoms with Crippen LogP contribution in [-0.2, 0) is 9.59 Å². The molecule has 30 heavy (non-hydrogen) atoms. The minimum Gasteiger partial charge on any atom is -0.487 e. The predicted octanol–water partition coefficient (Wildman–Crippen LogP) is 2.51. The van der Waals surface area contributed by atoms with Gasteiger partial charge >= 0.3 is 0 Å². The molecular weight excluding hydrogens is 387 g/mol. The van der Waals surface area contributed by atoms with Gasteiger partial charge < -0.3 is 15.8 Å². The van der Waals surface area contributed by atoms with Crippen molar-refractivity contribution < 1.29 is 18.7 Å². The molecule has 2 heterocycles. The topological polar surface area (TPSA) is 97.0 Å². The van der Waals surface area contributed by atoms with Gasteiger partial charge in [0.2, 0.25) is 11.8 Å². The first-order valence-electron chi connectivity index (χ1n) is 10.4. The number of fused-ring (bicyclic) bond motifs is 1. The summed E-state index contributed by atoms with van der Waals surface area (Å²) in [6, 6.07) is 4.26. The van der Waals surface area contributed by atoms with E-state index in [-0.39, 0.29) is 35.4 Å². The van der Waals surface area contributed by atoms with E-state index in [1.54, 1.807) is 12.1 Å². The zero-order valence-corrected chi connectivity index (χ0v) is 17.9. The van der Waals surface area contributed by atoms with Crippen molar-refractivity contribution in [1.29, 1.82) is 0 Å². The van der Waals surface area contributed by atoms with Crippen LogP contribution in [0.15, 0.2) is 23.2 Å². The highest BCUT2D eigenvalue weighted by Crippen LogP contribution is 2.44. The van der Waals surface area contributed by atoms with Crippen molar-refractivity contribution >= 4 is 17.8 Å². The highest BCUT2D eigenvalue weighted by Gasteiger charge is 2.47. The number of nitrogens with zero attached hydrogens (tertiary/aromatic N) is 2. The van der Waals surface area contributed by atoms with Gasteiger partial charge in [0.05, 0.1) is 23.6 Å². The molecule has 3 N–H and O–H groups in total. The fourth-order valence-corrected chi connectivity index (χ4v) is 4.48. The number of benzene rings is 1. The Morgan fingerprint density at radius 1 is 1.37 bits per heavy atom. The number of nitrogens with one attached hydrogen (secondary N) is 1. The number of halogens is 1. The molecule has 1 unspecified atom stereocenters. The summed E-state index contributed by atoms with van der Waals surface area (Å²) in [6.07, 6.45) is 1.44. The molecule has 4 rings (SSSR count). The van der Waals surface area contributed by atoms with Gasteiger partial charge in [-0.15, -0.1) is 0 Å². The van der Waals surface area contributed by atoms with Crippen molar-refractivity contribution in [1.82, 2.24) is 10.2 Å². The Morgan fingerprint density at radius 3 is 2.80 bits per heavy atom. The van der Waals surface area contributed by atoms with Crippen LogP contribution in [0.25, 0.3) is 0 Å². The molecule has 2 aliphatic heterocycles. The SMILES string of the molecule is CC1(C)CC(=O)N(C[C@H]2CC2C(=O)N[C@H]2CC(C)(C)Oc3cccc(F)c32)C(N)=N1. The summed E-state index contributed by atoms with van der Waals surface area (Å²) in [6.45, 7) is 7.97. The number of carbonyl (C=O) groups excluding carboxylic acids is 2. The summed E-state index contributed by atoms with van der Waals surface area (Å²) in [7, 11) is 0. The molecule has 2 amide bonds. The highest BCUT2D eigenvalue weighted by atomic mass is 19.1. The number of hydrogen-bond donors (Lipinski definition) is 2. The van der Waals surface area contributed by atoms with E-state index < -0.39 is 17.2 Å². The molecule has 1 aromatic rings. The Kier molecular flexibility index (Phi) is 4.78. The summed E-state index contributed by atoms with van der Waals surface area (Å²) in [5.41, 5.74) is 5.38. The van der Waals surface area contributed by atoms with Gasteiger partial charge in [0.15, 0.2) is 5.96 Å². The lowest BCUT2D eigenvalue weighted by atomic mass is 9.89. The van der Waals surface area contributed by atoms with Gasteiger partial charge in [0, 0.05) is 18.9 Å². The average molecular weight is 416 g/mol. The molecule has 162 valence electrons. The van der Waals surface area contributed by atoms with Gasteiger partial charge in [0.1, 0.15) is 17.2 Å². The minimum atomic E-state index is -0.514. The molecule has 1 fully saturated rings. The van der Waals surface area contributed by atoms with Crippen molar-refractivity contribution in [2.24, 2.45) is 22.6 Å². The van der Waals surface area contributed by atoms with Crippen molar-refractivity contribution in [2.45, 2.75) is 64.1 Å². The summed E-state index contributed by atoms with van der Waals surface area (Å²) in [5.74, 6) is -0.0958. The predicted molar refractivity (Wildman–Crippen MR) is 110 cm³/mol. The van der Waals surface area contributed by atoms with Crippen LogP contribution in [-0.4, -0.2) is 40.4 Å². The van der Waals surface area contributed by atoms with Crippen LogP contribution in [0, 0.1) is 17.7 Å². The molecule has 8 heteroatoms. The first kappa shape index (κ1) is 20.6. The summed E-state index contributed by atoms with van der Waals surface area (Å²) >= 11 is 0. The lowest BCUT2D eigenvalue weighted by molar-refractivity contribution is -0.130. The van der Waals surface area contributed by atoms with Gasteiger partial charge in [-0.3, -0.25) is 14.5 Å². The van der Waals surface area contributed by atoms with Crippen molar-refractivity contribution in [3.05, 3.63) is 29.6 Å². The number of rotatable bonds is 4. The van der Waals surface area contributed by atoms with Crippen LogP contribution in [0.5, 0.6) is 5.75 Å². The molecule has 3 aliphatic rings. The first-order valence-corrected chi connectivity index (χ1v) is 10.4. The summed E-state index contributed by atoms with van der Waals surface area (Å²) < 4.78 is 20.4. The Hall–Kier alpha value is -2.64. The fraction of sp³-hybridized carbons (Fsp3) is 0.591. The third kappa shape index (κ3) is 4.00. The van der Waals surface area contributed by atoms with E-state index in [2.05, 4.69) is 10.3 Å². The van der Waals surface area contributed by atoms with Gasteiger partial charge in [-0.25, -0.2) is 9.38 Å². The largest absolute Gasteiger partial charge is 0.487 e. The van der Waals surface area contributed by atoms with Crippen LogP contribution in [0.3, 0.4) is 0 Å². The van der Waals surface area contributed by atoms with Crippen molar-refractivity contribution in [2.75, 3.05) is 6.54 Å². The number of hydrogen-bond acceptors (Lipinski definition) is 5. The Bertz CT molecular complexity index is 927.